The van der Waals surface area contributed by atoms with E-state index in [2.05, 4.69) is 69.9 Å². The number of phosphoric ester groups is 4. The average molecular weight is 1190 g/mol. The largest absolute Gasteiger partial charge is 0.469 e. The molecule has 0 heterocycles. The molecule has 0 amide bonds. The lowest BCUT2D eigenvalue weighted by molar-refractivity contribution is -0.141. The standard InChI is InChI=1S/C9H17O7P.2C6H11O6P.C5H9O6P.C5H9O5P.8CH4/c1-8(2)9(10)15-7-6-14-4-3-5-16-17(11,12)13;2*1-5(2)6(7)11-3-4-12-13(8,9)10;1-2-5(6)10-3-4-11-12(7,8)9;1-4(2)5(6)10-3-11(7,8)9;;;;;;;;/h1,3-7H2,2H3,(H2,11,12,13);2*1,3-4H2,2H3,(H2,8,9,10);2H,1,3-4H2,(H2,7,8,9);1,3H2,2H3,(H2,7,8,9);8*1H4. The number of esters is 5. The van der Waals surface area contributed by atoms with Crippen LogP contribution < -0.4 is 0 Å². The lowest BCUT2D eigenvalue weighted by Gasteiger charge is -2.06. The molecule has 74 heavy (non-hydrogen) atoms. The molecule has 30 nitrogen and oxygen atoms in total. The molecule has 35 heteroatoms. The van der Waals surface area contributed by atoms with Gasteiger partial charge in [-0.05, 0) is 34.1 Å². The maximum atomic E-state index is 10.9. The van der Waals surface area contributed by atoms with Crippen molar-refractivity contribution in [2.24, 2.45) is 0 Å². The van der Waals surface area contributed by atoms with Gasteiger partial charge in [-0.25, -0.2) is 42.2 Å². The second-order valence-electron chi connectivity index (χ2n) is 11.4. The molecular weight excluding hydrogens is 1100 g/mol. The van der Waals surface area contributed by atoms with E-state index in [9.17, 15) is 46.8 Å². The van der Waals surface area contributed by atoms with Crippen LogP contribution in [0.3, 0.4) is 0 Å². The van der Waals surface area contributed by atoms with E-state index in [0.29, 0.717) is 12.0 Å². The van der Waals surface area contributed by atoms with E-state index in [4.69, 9.17) is 58.4 Å². The molecule has 0 saturated carbocycles. The van der Waals surface area contributed by atoms with Crippen LogP contribution in [-0.4, -0.2) is 151 Å². The van der Waals surface area contributed by atoms with Crippen LogP contribution in [0, 0.1) is 0 Å². The Morgan fingerprint density at radius 3 is 0.865 bits per heavy atom. The monoisotopic (exact) mass is 1190 g/mol. The molecule has 0 aliphatic carbocycles. The van der Waals surface area contributed by atoms with Gasteiger partial charge in [0.25, 0.3) is 0 Å². The number of hydrogen-bond donors (Lipinski definition) is 10. The summed E-state index contributed by atoms with van der Waals surface area (Å²) in [6, 6.07) is 0. The van der Waals surface area contributed by atoms with Gasteiger partial charge in [0.1, 0.15) is 26.4 Å². The third-order valence-electron chi connectivity index (χ3n) is 4.82. The number of carbonyl (C=O) groups excluding carboxylic acids is 5. The van der Waals surface area contributed by atoms with Gasteiger partial charge in [-0.1, -0.05) is 92.3 Å². The summed E-state index contributed by atoms with van der Waals surface area (Å²) in [5.41, 5.74) is 0.867. The Bertz CT molecular complexity index is 1750. The fraction of sp³-hybridized carbons (Fsp3) is 0.615. The SMILES string of the molecule is C.C.C.C.C.C.C.C.C=C(C)C(=O)OCCOCCCOP(=O)(O)O.C=C(C)C(=O)OCCOP(=O)(O)O.C=C(C)C(=O)OCCOP(=O)(O)O.C=C(C)C(=O)OCP(=O)(O)O.C=CC(=O)OCCOP(=O)(O)O. The van der Waals surface area contributed by atoms with Gasteiger partial charge in [0, 0.05) is 35.0 Å². The molecule has 0 aromatic heterocycles. The minimum absolute atomic E-state index is 0. The highest BCUT2D eigenvalue weighted by Crippen LogP contribution is 2.37. The molecule has 0 bridgehead atoms. The molecule has 0 atom stereocenters. The first-order valence-corrected chi connectivity index (χ1v) is 25.2. The molecule has 0 rings (SSSR count). The fourth-order valence-electron chi connectivity index (χ4n) is 2.21. The minimum atomic E-state index is -4.46. The van der Waals surface area contributed by atoms with Crippen LogP contribution in [0.25, 0.3) is 0 Å². The highest BCUT2D eigenvalue weighted by Gasteiger charge is 2.17. The zero-order chi connectivity index (χ0) is 53.0. The Kier molecular flexibility index (Phi) is 77.8. The van der Waals surface area contributed by atoms with Gasteiger partial charge in [0.15, 0.2) is 6.35 Å². The average Bonchev–Trinajstić information content (AvgIpc) is 3.15. The van der Waals surface area contributed by atoms with Gasteiger partial charge >= 0.3 is 68.7 Å². The Morgan fingerprint density at radius 2 is 0.622 bits per heavy atom. The van der Waals surface area contributed by atoms with Gasteiger partial charge in [0.05, 0.1) is 33.0 Å². The third kappa shape index (κ3) is 97.9. The van der Waals surface area contributed by atoms with E-state index in [1.165, 1.54) is 20.8 Å². The summed E-state index contributed by atoms with van der Waals surface area (Å²) in [5.74, 6) is -3.17. The van der Waals surface area contributed by atoms with Crippen LogP contribution in [0.15, 0.2) is 61.3 Å². The van der Waals surface area contributed by atoms with E-state index in [-0.39, 0.29) is 142 Å². The number of phosphoric acid groups is 4. The number of hydrogen-bond acceptors (Lipinski definition) is 20. The molecule has 0 fully saturated rings. The van der Waals surface area contributed by atoms with Crippen LogP contribution >= 0.6 is 38.9 Å². The maximum Gasteiger partial charge on any atom is 0.469 e. The highest BCUT2D eigenvalue weighted by atomic mass is 31.2. The van der Waals surface area contributed by atoms with E-state index in [1.54, 1.807) is 6.92 Å². The Labute approximate surface area is 437 Å². The summed E-state index contributed by atoms with van der Waals surface area (Å²) >= 11 is 0. The van der Waals surface area contributed by atoms with Gasteiger partial charge in [-0.2, -0.15) is 0 Å². The Hall–Kier alpha value is -3.40. The predicted molar refractivity (Wildman–Crippen MR) is 278 cm³/mol. The molecule has 0 unspecified atom stereocenters. The quantitative estimate of drug-likeness (QED) is 0.0144. The first-order chi connectivity index (χ1) is 29.8. The summed E-state index contributed by atoms with van der Waals surface area (Å²) in [5, 5.41) is 0. The van der Waals surface area contributed by atoms with Crippen molar-refractivity contribution in [1.29, 1.82) is 0 Å². The summed E-state index contributed by atoms with van der Waals surface area (Å²) in [6.07, 6.45) is 0.399. The van der Waals surface area contributed by atoms with E-state index in [1.807, 2.05) is 0 Å². The molecule has 450 valence electrons. The second kappa shape index (κ2) is 55.8. The van der Waals surface area contributed by atoms with Gasteiger partial charge < -0.3 is 77.4 Å². The van der Waals surface area contributed by atoms with Crippen molar-refractivity contribution in [2.75, 3.05) is 72.4 Å². The van der Waals surface area contributed by atoms with E-state index >= 15 is 0 Å². The summed E-state index contributed by atoms with van der Waals surface area (Å²) < 4.78 is 94.2. The summed E-state index contributed by atoms with van der Waals surface area (Å²) in [4.78, 5) is 136. The minimum Gasteiger partial charge on any atom is -0.460 e. The molecule has 0 aliphatic heterocycles. The van der Waals surface area contributed by atoms with Crippen molar-refractivity contribution in [2.45, 2.75) is 93.5 Å². The molecule has 0 aromatic carbocycles. The lowest BCUT2D eigenvalue weighted by Crippen LogP contribution is -2.11. The zero-order valence-electron chi connectivity index (χ0n) is 36.0. The topological polar surface area (TPSA) is 465 Å². The van der Waals surface area contributed by atoms with Crippen LogP contribution in [0.5, 0.6) is 0 Å². The molecule has 0 saturated heterocycles. The number of ether oxygens (including phenoxy) is 6. The fourth-order valence-corrected chi connectivity index (χ4v) is 3.80. The van der Waals surface area contributed by atoms with Crippen molar-refractivity contribution in [1.82, 2.24) is 0 Å². The van der Waals surface area contributed by atoms with E-state index in [0.717, 1.165) is 6.08 Å². The first-order valence-electron chi connectivity index (χ1n) is 17.3. The van der Waals surface area contributed by atoms with Crippen molar-refractivity contribution < 1.29 is 142 Å². The first kappa shape index (κ1) is 103. The Morgan fingerprint density at radius 1 is 0.378 bits per heavy atom. The summed E-state index contributed by atoms with van der Waals surface area (Å²) in [7, 11) is -22.0. The highest BCUT2D eigenvalue weighted by molar-refractivity contribution is 7.51. The van der Waals surface area contributed by atoms with Crippen molar-refractivity contribution in [3.63, 3.8) is 0 Å². The lowest BCUT2D eigenvalue weighted by atomic mass is 10.4. The smallest absolute Gasteiger partial charge is 0.460 e. The molecule has 0 aliphatic rings. The van der Waals surface area contributed by atoms with Crippen molar-refractivity contribution in [3.8, 4) is 0 Å². The van der Waals surface area contributed by atoms with Gasteiger partial charge in [0.2, 0.25) is 0 Å². The van der Waals surface area contributed by atoms with Gasteiger partial charge in [-0.3, -0.25) is 22.7 Å². The van der Waals surface area contributed by atoms with Crippen LogP contribution in [-0.2, 0) is 93.3 Å². The van der Waals surface area contributed by atoms with E-state index < -0.39 is 75.1 Å². The molecule has 0 radical (unpaired) electrons. The van der Waals surface area contributed by atoms with Crippen molar-refractivity contribution in [3.05, 3.63) is 61.3 Å². The second-order valence-corrected chi connectivity index (χ2v) is 17.9. The van der Waals surface area contributed by atoms with Crippen LogP contribution in [0.1, 0.15) is 93.5 Å². The van der Waals surface area contributed by atoms with Crippen LogP contribution in [0.4, 0.5) is 0 Å². The maximum absolute atomic E-state index is 10.9. The number of rotatable bonds is 27. The third-order valence-corrected chi connectivity index (χ3v) is 7.36. The predicted octanol–water partition coefficient (Wildman–Crippen LogP) is 6.21. The molecule has 10 N–H and O–H groups in total. The summed E-state index contributed by atoms with van der Waals surface area (Å²) in [6.45, 7) is 21.1. The van der Waals surface area contributed by atoms with Crippen LogP contribution in [0.2, 0.25) is 0 Å². The Balaban J connectivity index is -0.0000000560. The molecule has 0 aromatic rings. The molecule has 0 spiro atoms. The number of carbonyl (C=O) groups is 5. The van der Waals surface area contributed by atoms with Crippen molar-refractivity contribution >= 4 is 68.7 Å². The molecular formula is C39H89O30P5. The van der Waals surface area contributed by atoms with Gasteiger partial charge in [-0.15, -0.1) is 0 Å². The zero-order valence-corrected chi connectivity index (χ0v) is 40.4. The normalized spacial score (nSPS) is 9.81.